The van der Waals surface area contributed by atoms with E-state index in [2.05, 4.69) is 50.3 Å². The zero-order valence-corrected chi connectivity index (χ0v) is 12.3. The molecule has 0 saturated heterocycles. The molecule has 4 heteroatoms. The van der Waals surface area contributed by atoms with Gasteiger partial charge in [-0.3, -0.25) is 0 Å². The van der Waals surface area contributed by atoms with Crippen LogP contribution in [0, 0.1) is 0 Å². The van der Waals surface area contributed by atoms with Gasteiger partial charge in [-0.05, 0) is 13.8 Å². The highest BCUT2D eigenvalue weighted by atomic mass is 35.5. The number of halogens is 1. The molecule has 92 valence electrons. The molecule has 0 atom stereocenters. The molecule has 0 fully saturated rings. The number of hydrogen-bond donors (Lipinski definition) is 1. The van der Waals surface area contributed by atoms with Gasteiger partial charge in [0, 0.05) is 28.8 Å². The first-order valence-corrected chi connectivity index (χ1v) is 6.92. The van der Waals surface area contributed by atoms with Crippen molar-refractivity contribution >= 4 is 22.9 Å². The van der Waals surface area contributed by atoms with Crippen LogP contribution in [0.15, 0.2) is 5.38 Å². The summed E-state index contributed by atoms with van der Waals surface area (Å²) in [6, 6.07) is 0. The van der Waals surface area contributed by atoms with Crippen molar-refractivity contribution in [2.45, 2.75) is 52.1 Å². The summed E-state index contributed by atoms with van der Waals surface area (Å²) >= 11 is 7.57. The molecule has 1 aromatic rings. The van der Waals surface area contributed by atoms with Gasteiger partial charge in [0.25, 0.3) is 0 Å². The Hall–Kier alpha value is -0.120. The Kier molecular flexibility index (Phi) is 4.38. The molecule has 0 aliphatic carbocycles. The van der Waals surface area contributed by atoms with Crippen molar-refractivity contribution in [1.29, 1.82) is 0 Å². The van der Waals surface area contributed by atoms with Crippen molar-refractivity contribution < 1.29 is 0 Å². The Labute approximate surface area is 107 Å². The third-order valence-corrected chi connectivity index (χ3v) is 3.89. The van der Waals surface area contributed by atoms with Gasteiger partial charge in [-0.25, -0.2) is 4.98 Å². The molecular formula is C12H21ClN2S. The average Bonchev–Trinajstić information content (AvgIpc) is 2.63. The van der Waals surface area contributed by atoms with E-state index >= 15 is 0 Å². The standard InChI is InChI=1S/C12H21ClN2S/c1-11(2,3)9-7-16-10(15-9)6-14-12(4,5)8-13/h7,14H,6,8H2,1-5H3. The Morgan fingerprint density at radius 1 is 1.31 bits per heavy atom. The lowest BCUT2D eigenvalue weighted by molar-refractivity contribution is 0.428. The van der Waals surface area contributed by atoms with Crippen LogP contribution < -0.4 is 5.32 Å². The van der Waals surface area contributed by atoms with E-state index in [1.54, 1.807) is 11.3 Å². The lowest BCUT2D eigenvalue weighted by Crippen LogP contribution is -2.40. The molecule has 0 amide bonds. The molecule has 1 rings (SSSR count). The quantitative estimate of drug-likeness (QED) is 0.838. The molecule has 1 heterocycles. The van der Waals surface area contributed by atoms with Crippen molar-refractivity contribution in [1.82, 2.24) is 10.3 Å². The lowest BCUT2D eigenvalue weighted by atomic mass is 9.93. The first-order valence-electron chi connectivity index (χ1n) is 5.50. The van der Waals surface area contributed by atoms with Crippen LogP contribution in [0.25, 0.3) is 0 Å². The summed E-state index contributed by atoms with van der Waals surface area (Å²) in [5.41, 5.74) is 1.27. The van der Waals surface area contributed by atoms with E-state index < -0.39 is 0 Å². The molecule has 0 saturated carbocycles. The second-order valence-corrected chi connectivity index (χ2v) is 6.96. The van der Waals surface area contributed by atoms with E-state index in [1.807, 2.05) is 0 Å². The number of nitrogens with zero attached hydrogens (tertiary/aromatic N) is 1. The second-order valence-electron chi connectivity index (χ2n) is 5.75. The first-order chi connectivity index (χ1) is 7.24. The summed E-state index contributed by atoms with van der Waals surface area (Å²) in [4.78, 5) is 4.63. The number of alkyl halides is 1. The van der Waals surface area contributed by atoms with E-state index in [4.69, 9.17) is 11.6 Å². The minimum Gasteiger partial charge on any atom is -0.304 e. The number of aromatic nitrogens is 1. The summed E-state index contributed by atoms with van der Waals surface area (Å²) < 4.78 is 0. The van der Waals surface area contributed by atoms with E-state index in [1.165, 1.54) is 0 Å². The van der Waals surface area contributed by atoms with E-state index in [0.29, 0.717) is 5.88 Å². The monoisotopic (exact) mass is 260 g/mol. The minimum absolute atomic E-state index is 0.0326. The smallest absolute Gasteiger partial charge is 0.107 e. The SMILES string of the molecule is CC(C)(CCl)NCc1nc(C(C)(C)C)cs1. The van der Waals surface area contributed by atoms with Gasteiger partial charge < -0.3 is 5.32 Å². The van der Waals surface area contributed by atoms with Gasteiger partial charge in [-0.2, -0.15) is 0 Å². The van der Waals surface area contributed by atoms with E-state index in [0.717, 1.165) is 17.2 Å². The largest absolute Gasteiger partial charge is 0.304 e. The second kappa shape index (κ2) is 5.03. The third kappa shape index (κ3) is 4.04. The molecule has 1 N–H and O–H groups in total. The molecule has 0 aromatic carbocycles. The summed E-state index contributed by atoms with van der Waals surface area (Å²) in [6.07, 6.45) is 0. The zero-order chi connectivity index (χ0) is 12.4. The highest BCUT2D eigenvalue weighted by Gasteiger charge is 2.19. The predicted octanol–water partition coefficient (Wildman–Crippen LogP) is 3.55. The first kappa shape index (κ1) is 13.9. The maximum Gasteiger partial charge on any atom is 0.107 e. The van der Waals surface area contributed by atoms with Gasteiger partial charge >= 0.3 is 0 Å². The Morgan fingerprint density at radius 3 is 2.38 bits per heavy atom. The fraction of sp³-hybridized carbons (Fsp3) is 0.750. The van der Waals surface area contributed by atoms with Crippen LogP contribution in [0.3, 0.4) is 0 Å². The third-order valence-electron chi connectivity index (χ3n) is 2.37. The lowest BCUT2D eigenvalue weighted by Gasteiger charge is -2.22. The fourth-order valence-electron chi connectivity index (χ4n) is 1.10. The van der Waals surface area contributed by atoms with Crippen LogP contribution in [0.4, 0.5) is 0 Å². The summed E-state index contributed by atoms with van der Waals surface area (Å²) in [5.74, 6) is 0.602. The van der Waals surface area contributed by atoms with Gasteiger partial charge in [-0.15, -0.1) is 22.9 Å². The molecule has 16 heavy (non-hydrogen) atoms. The maximum atomic E-state index is 5.86. The molecule has 2 nitrogen and oxygen atoms in total. The zero-order valence-electron chi connectivity index (χ0n) is 10.7. The number of hydrogen-bond acceptors (Lipinski definition) is 3. The van der Waals surface area contributed by atoms with Crippen LogP contribution in [-0.4, -0.2) is 16.4 Å². The van der Waals surface area contributed by atoms with Crippen molar-refractivity contribution in [3.8, 4) is 0 Å². The van der Waals surface area contributed by atoms with Crippen molar-refractivity contribution in [2.75, 3.05) is 5.88 Å². The molecule has 0 unspecified atom stereocenters. The van der Waals surface area contributed by atoms with Gasteiger partial charge in [0.1, 0.15) is 5.01 Å². The highest BCUT2D eigenvalue weighted by Crippen LogP contribution is 2.24. The Morgan fingerprint density at radius 2 is 1.94 bits per heavy atom. The maximum absolute atomic E-state index is 5.86. The van der Waals surface area contributed by atoms with E-state index in [-0.39, 0.29) is 11.0 Å². The average molecular weight is 261 g/mol. The van der Waals surface area contributed by atoms with Gasteiger partial charge in [0.2, 0.25) is 0 Å². The summed E-state index contributed by atoms with van der Waals surface area (Å²) in [6.45, 7) is 11.5. The molecule has 0 bridgehead atoms. The summed E-state index contributed by atoms with van der Waals surface area (Å²) in [5, 5.41) is 6.68. The number of nitrogens with one attached hydrogen (secondary N) is 1. The molecular weight excluding hydrogens is 240 g/mol. The van der Waals surface area contributed by atoms with Gasteiger partial charge in [-0.1, -0.05) is 20.8 Å². The van der Waals surface area contributed by atoms with Crippen molar-refractivity contribution in [2.24, 2.45) is 0 Å². The predicted molar refractivity (Wildman–Crippen MR) is 72.5 cm³/mol. The minimum atomic E-state index is -0.0326. The molecule has 0 radical (unpaired) electrons. The number of thiazole rings is 1. The van der Waals surface area contributed by atoms with Crippen LogP contribution >= 0.6 is 22.9 Å². The number of rotatable bonds is 4. The van der Waals surface area contributed by atoms with Crippen LogP contribution in [-0.2, 0) is 12.0 Å². The van der Waals surface area contributed by atoms with Gasteiger partial charge in [0.05, 0.1) is 5.69 Å². The van der Waals surface area contributed by atoms with Gasteiger partial charge in [0.15, 0.2) is 0 Å². The Balaban J connectivity index is 2.60. The fourth-order valence-corrected chi connectivity index (χ4v) is 2.15. The molecule has 1 aromatic heterocycles. The Bertz CT molecular complexity index is 339. The summed E-state index contributed by atoms with van der Waals surface area (Å²) in [7, 11) is 0. The van der Waals surface area contributed by atoms with Crippen LogP contribution in [0.1, 0.15) is 45.3 Å². The van der Waals surface area contributed by atoms with Crippen molar-refractivity contribution in [3.05, 3.63) is 16.1 Å². The molecule has 0 spiro atoms. The van der Waals surface area contributed by atoms with Crippen LogP contribution in [0.5, 0.6) is 0 Å². The topological polar surface area (TPSA) is 24.9 Å². The van der Waals surface area contributed by atoms with E-state index in [9.17, 15) is 0 Å². The molecule has 0 aliphatic heterocycles. The van der Waals surface area contributed by atoms with Crippen LogP contribution in [0.2, 0.25) is 0 Å². The molecule has 0 aliphatic rings. The van der Waals surface area contributed by atoms with Crippen molar-refractivity contribution in [3.63, 3.8) is 0 Å². The highest BCUT2D eigenvalue weighted by molar-refractivity contribution is 7.09. The normalized spacial score (nSPS) is 13.1.